The number of aromatic amines is 1. The first-order valence-electron chi connectivity index (χ1n) is 4.27. The highest BCUT2D eigenvalue weighted by atomic mass is 35.5. The minimum absolute atomic E-state index is 0.706. The van der Waals surface area contributed by atoms with E-state index < -0.39 is 0 Å². The molecule has 0 aliphatic heterocycles. The second-order valence-electron chi connectivity index (χ2n) is 3.13. The van der Waals surface area contributed by atoms with Crippen LogP contribution in [0.4, 0.5) is 5.69 Å². The molecule has 3 N–H and O–H groups in total. The van der Waals surface area contributed by atoms with E-state index in [0.29, 0.717) is 5.02 Å². The Hall–Kier alpha value is -1.48. The van der Waals surface area contributed by atoms with Crippen molar-refractivity contribution in [3.63, 3.8) is 0 Å². The lowest BCUT2D eigenvalue weighted by Gasteiger charge is -2.03. The number of nitrogens with one attached hydrogen (secondary N) is 1. The molecule has 0 bridgehead atoms. The van der Waals surface area contributed by atoms with Gasteiger partial charge in [0.1, 0.15) is 0 Å². The topological polar surface area (TPSA) is 54.7 Å². The number of H-pyrrole nitrogens is 1. The molecule has 0 atom stereocenters. The molecule has 0 aliphatic rings. The number of hydrogen-bond acceptors (Lipinski definition) is 2. The fourth-order valence-corrected chi connectivity index (χ4v) is 1.52. The number of nitrogen functional groups attached to an aromatic ring is 1. The van der Waals surface area contributed by atoms with E-state index in [9.17, 15) is 0 Å². The zero-order valence-corrected chi connectivity index (χ0v) is 8.25. The second-order valence-corrected chi connectivity index (χ2v) is 3.56. The Balaban J connectivity index is 2.28. The van der Waals surface area contributed by atoms with Crippen LogP contribution in [0.2, 0.25) is 5.02 Å². The van der Waals surface area contributed by atoms with Crippen molar-refractivity contribution >= 4 is 17.3 Å². The van der Waals surface area contributed by atoms with Crippen LogP contribution < -0.4 is 5.73 Å². The fraction of sp³-hybridized carbons (Fsp3) is 0.100. The van der Waals surface area contributed by atoms with Gasteiger partial charge in [0.15, 0.2) is 0 Å². The van der Waals surface area contributed by atoms with Gasteiger partial charge in [0, 0.05) is 23.3 Å². The Morgan fingerprint density at radius 3 is 3.00 bits per heavy atom. The quantitative estimate of drug-likeness (QED) is 0.743. The van der Waals surface area contributed by atoms with Crippen molar-refractivity contribution in [3.8, 4) is 0 Å². The van der Waals surface area contributed by atoms with Crippen molar-refractivity contribution in [2.45, 2.75) is 6.42 Å². The van der Waals surface area contributed by atoms with Gasteiger partial charge in [0.2, 0.25) is 0 Å². The van der Waals surface area contributed by atoms with Crippen LogP contribution in [-0.4, -0.2) is 10.2 Å². The molecule has 0 unspecified atom stereocenters. The van der Waals surface area contributed by atoms with E-state index in [1.54, 1.807) is 12.3 Å². The number of benzene rings is 1. The van der Waals surface area contributed by atoms with Crippen LogP contribution in [-0.2, 0) is 6.42 Å². The van der Waals surface area contributed by atoms with Crippen molar-refractivity contribution in [2.24, 2.45) is 0 Å². The van der Waals surface area contributed by atoms with Crippen LogP contribution in [0.3, 0.4) is 0 Å². The van der Waals surface area contributed by atoms with Crippen molar-refractivity contribution in [1.82, 2.24) is 10.2 Å². The number of nitrogens with two attached hydrogens (primary N) is 1. The van der Waals surface area contributed by atoms with Crippen molar-refractivity contribution in [2.75, 3.05) is 5.73 Å². The Morgan fingerprint density at radius 2 is 2.29 bits per heavy atom. The molecule has 0 saturated carbocycles. The summed E-state index contributed by atoms with van der Waals surface area (Å²) in [6.07, 6.45) is 4.38. The Kier molecular flexibility index (Phi) is 2.41. The van der Waals surface area contributed by atoms with Crippen LogP contribution >= 0.6 is 11.6 Å². The molecular weight excluding hydrogens is 198 g/mol. The third-order valence-corrected chi connectivity index (χ3v) is 2.29. The van der Waals surface area contributed by atoms with Gasteiger partial charge in [-0.25, -0.2) is 0 Å². The summed E-state index contributed by atoms with van der Waals surface area (Å²) in [4.78, 5) is 0. The Bertz CT molecular complexity index is 423. The molecule has 0 radical (unpaired) electrons. The zero-order chi connectivity index (χ0) is 9.97. The fourth-order valence-electron chi connectivity index (χ4n) is 1.32. The van der Waals surface area contributed by atoms with Crippen molar-refractivity contribution in [1.29, 1.82) is 0 Å². The number of anilines is 1. The van der Waals surface area contributed by atoms with Crippen LogP contribution in [0, 0.1) is 0 Å². The summed E-state index contributed by atoms with van der Waals surface area (Å²) in [5.74, 6) is 0. The molecule has 2 aromatic rings. The van der Waals surface area contributed by atoms with E-state index in [4.69, 9.17) is 17.3 Å². The van der Waals surface area contributed by atoms with E-state index in [0.717, 1.165) is 23.2 Å². The van der Waals surface area contributed by atoms with E-state index >= 15 is 0 Å². The molecule has 14 heavy (non-hydrogen) atoms. The molecule has 2 rings (SSSR count). The molecule has 1 aromatic carbocycles. The van der Waals surface area contributed by atoms with Gasteiger partial charge in [-0.2, -0.15) is 5.10 Å². The molecule has 1 aromatic heterocycles. The average molecular weight is 208 g/mol. The number of halogens is 1. The summed E-state index contributed by atoms with van der Waals surface area (Å²) >= 11 is 5.88. The SMILES string of the molecule is Nc1ccc(Cl)cc1Cc1cn[nH]c1. The Labute approximate surface area is 86.9 Å². The van der Waals surface area contributed by atoms with Gasteiger partial charge in [0.05, 0.1) is 6.20 Å². The number of nitrogens with zero attached hydrogens (tertiary/aromatic N) is 1. The summed E-state index contributed by atoms with van der Waals surface area (Å²) in [7, 11) is 0. The van der Waals surface area contributed by atoms with Crippen LogP contribution in [0.5, 0.6) is 0 Å². The van der Waals surface area contributed by atoms with E-state index in [1.165, 1.54) is 0 Å². The molecule has 0 aliphatic carbocycles. The van der Waals surface area contributed by atoms with Gasteiger partial charge < -0.3 is 5.73 Å². The minimum Gasteiger partial charge on any atom is -0.398 e. The third-order valence-electron chi connectivity index (χ3n) is 2.05. The lowest BCUT2D eigenvalue weighted by molar-refractivity contribution is 1.09. The van der Waals surface area contributed by atoms with Crippen molar-refractivity contribution in [3.05, 3.63) is 46.7 Å². The maximum absolute atomic E-state index is 5.88. The first-order valence-corrected chi connectivity index (χ1v) is 4.65. The maximum atomic E-state index is 5.88. The number of hydrogen-bond donors (Lipinski definition) is 2. The first-order chi connectivity index (χ1) is 6.75. The largest absolute Gasteiger partial charge is 0.398 e. The smallest absolute Gasteiger partial charge is 0.0522 e. The maximum Gasteiger partial charge on any atom is 0.0522 e. The molecule has 3 nitrogen and oxygen atoms in total. The summed E-state index contributed by atoms with van der Waals surface area (Å²) < 4.78 is 0. The normalized spacial score (nSPS) is 10.4. The number of aromatic nitrogens is 2. The predicted octanol–water partition coefficient (Wildman–Crippen LogP) is 2.24. The molecule has 0 spiro atoms. The van der Waals surface area contributed by atoms with Gasteiger partial charge in [-0.3, -0.25) is 5.10 Å². The number of rotatable bonds is 2. The summed E-state index contributed by atoms with van der Waals surface area (Å²) in [5.41, 5.74) is 8.70. The highest BCUT2D eigenvalue weighted by Gasteiger charge is 2.02. The lowest BCUT2D eigenvalue weighted by Crippen LogP contribution is -1.94. The van der Waals surface area contributed by atoms with Crippen molar-refractivity contribution < 1.29 is 0 Å². The predicted molar refractivity (Wildman–Crippen MR) is 57.3 cm³/mol. The third kappa shape index (κ3) is 1.88. The molecule has 0 fully saturated rings. The zero-order valence-electron chi connectivity index (χ0n) is 7.50. The van der Waals surface area contributed by atoms with Crippen LogP contribution in [0.15, 0.2) is 30.6 Å². The standard InChI is InChI=1S/C10H10ClN3/c11-9-1-2-10(12)8(4-9)3-7-5-13-14-6-7/h1-2,4-6H,3,12H2,(H,13,14). The van der Waals surface area contributed by atoms with Gasteiger partial charge >= 0.3 is 0 Å². The monoisotopic (exact) mass is 207 g/mol. The van der Waals surface area contributed by atoms with Crippen LogP contribution in [0.1, 0.15) is 11.1 Å². The molecule has 0 amide bonds. The summed E-state index contributed by atoms with van der Waals surface area (Å²) in [5, 5.41) is 7.34. The van der Waals surface area contributed by atoms with E-state index in [-0.39, 0.29) is 0 Å². The first kappa shape index (κ1) is 9.09. The lowest BCUT2D eigenvalue weighted by atomic mass is 10.1. The molecule has 72 valence electrons. The highest BCUT2D eigenvalue weighted by Crippen LogP contribution is 2.20. The molecular formula is C10H10ClN3. The van der Waals surface area contributed by atoms with Gasteiger partial charge in [0.25, 0.3) is 0 Å². The van der Waals surface area contributed by atoms with Gasteiger partial charge in [-0.15, -0.1) is 0 Å². The van der Waals surface area contributed by atoms with Crippen LogP contribution in [0.25, 0.3) is 0 Å². The molecule has 4 heteroatoms. The summed E-state index contributed by atoms with van der Waals surface area (Å²) in [6.45, 7) is 0. The Morgan fingerprint density at radius 1 is 1.43 bits per heavy atom. The van der Waals surface area contributed by atoms with E-state index in [1.807, 2.05) is 18.3 Å². The summed E-state index contributed by atoms with van der Waals surface area (Å²) in [6, 6.07) is 5.48. The molecule has 1 heterocycles. The van der Waals surface area contributed by atoms with Gasteiger partial charge in [-0.05, 0) is 29.3 Å². The minimum atomic E-state index is 0.706. The average Bonchev–Trinajstić information content (AvgIpc) is 2.64. The highest BCUT2D eigenvalue weighted by molar-refractivity contribution is 6.30. The van der Waals surface area contributed by atoms with Gasteiger partial charge in [-0.1, -0.05) is 11.6 Å². The second kappa shape index (κ2) is 3.72. The van der Waals surface area contributed by atoms with E-state index in [2.05, 4.69) is 10.2 Å². The molecule has 0 saturated heterocycles.